The van der Waals surface area contributed by atoms with Gasteiger partial charge in [-0.25, -0.2) is 4.98 Å². The average molecular weight is 152 g/mol. The van der Waals surface area contributed by atoms with Crippen molar-refractivity contribution in [2.45, 2.75) is 13.0 Å². The minimum atomic E-state index is 0.747. The van der Waals surface area contributed by atoms with Crippen molar-refractivity contribution in [1.82, 2.24) is 20.1 Å². The highest BCUT2D eigenvalue weighted by molar-refractivity contribution is 4.71. The van der Waals surface area contributed by atoms with Crippen LogP contribution in [0.3, 0.4) is 0 Å². The molecule has 0 bridgehead atoms. The number of hydrogen-bond acceptors (Lipinski definition) is 3. The lowest BCUT2D eigenvalue weighted by atomic mass is 10.1. The first kappa shape index (κ1) is 6.79. The first-order chi connectivity index (χ1) is 5.45. The van der Waals surface area contributed by atoms with Gasteiger partial charge in [0.05, 0.1) is 0 Å². The molecule has 0 aliphatic carbocycles. The van der Waals surface area contributed by atoms with Crippen LogP contribution in [0.2, 0.25) is 0 Å². The van der Waals surface area contributed by atoms with E-state index in [0.717, 1.165) is 25.6 Å². The molecule has 2 heterocycles. The van der Waals surface area contributed by atoms with E-state index >= 15 is 0 Å². The van der Waals surface area contributed by atoms with Gasteiger partial charge in [-0.3, -0.25) is 4.68 Å². The second kappa shape index (κ2) is 3.00. The van der Waals surface area contributed by atoms with Crippen LogP contribution < -0.4 is 5.32 Å². The highest BCUT2D eigenvalue weighted by Crippen LogP contribution is 2.08. The molecule has 0 amide bonds. The van der Waals surface area contributed by atoms with Crippen molar-refractivity contribution in [3.63, 3.8) is 0 Å². The molecule has 1 saturated heterocycles. The van der Waals surface area contributed by atoms with Gasteiger partial charge in [0.15, 0.2) is 0 Å². The molecule has 4 heteroatoms. The summed E-state index contributed by atoms with van der Waals surface area (Å²) < 4.78 is 1.90. The first-order valence-electron chi connectivity index (χ1n) is 3.98. The summed E-state index contributed by atoms with van der Waals surface area (Å²) in [6.07, 6.45) is 4.63. The molecule has 1 fully saturated rings. The largest absolute Gasteiger partial charge is 0.316 e. The van der Waals surface area contributed by atoms with Crippen LogP contribution in [0.4, 0.5) is 0 Å². The van der Waals surface area contributed by atoms with Crippen molar-refractivity contribution in [2.75, 3.05) is 13.1 Å². The molecule has 0 saturated carbocycles. The maximum absolute atomic E-state index is 4.06. The van der Waals surface area contributed by atoms with Crippen LogP contribution in [-0.2, 0) is 6.54 Å². The fourth-order valence-electron chi connectivity index (χ4n) is 1.46. The average Bonchev–Trinajstić information content (AvgIpc) is 2.60. The SMILES string of the molecule is c1ncn(CC2CCNC2)n1. The molecule has 1 atom stereocenters. The molecular formula is C7H12N4. The summed E-state index contributed by atoms with van der Waals surface area (Å²) in [5.74, 6) is 0.747. The number of aromatic nitrogens is 3. The molecular weight excluding hydrogens is 140 g/mol. The Morgan fingerprint density at radius 2 is 2.64 bits per heavy atom. The molecule has 60 valence electrons. The minimum Gasteiger partial charge on any atom is -0.316 e. The zero-order valence-corrected chi connectivity index (χ0v) is 6.40. The van der Waals surface area contributed by atoms with Gasteiger partial charge in [0.25, 0.3) is 0 Å². The van der Waals surface area contributed by atoms with Crippen molar-refractivity contribution < 1.29 is 0 Å². The fraction of sp³-hybridized carbons (Fsp3) is 0.714. The Morgan fingerprint density at radius 1 is 1.64 bits per heavy atom. The fourth-order valence-corrected chi connectivity index (χ4v) is 1.46. The highest BCUT2D eigenvalue weighted by Gasteiger charge is 2.14. The predicted octanol–water partition coefficient (Wildman–Crippen LogP) is -0.112. The minimum absolute atomic E-state index is 0.747. The van der Waals surface area contributed by atoms with Crippen LogP contribution in [0.1, 0.15) is 6.42 Å². The molecule has 2 rings (SSSR count). The van der Waals surface area contributed by atoms with Crippen molar-refractivity contribution in [2.24, 2.45) is 5.92 Å². The molecule has 4 nitrogen and oxygen atoms in total. The van der Waals surface area contributed by atoms with Crippen molar-refractivity contribution in [3.8, 4) is 0 Å². The van der Waals surface area contributed by atoms with Gasteiger partial charge in [0, 0.05) is 6.54 Å². The van der Waals surface area contributed by atoms with Crippen LogP contribution in [0.25, 0.3) is 0 Å². The Labute approximate surface area is 65.6 Å². The summed E-state index contributed by atoms with van der Waals surface area (Å²) in [7, 11) is 0. The summed E-state index contributed by atoms with van der Waals surface area (Å²) in [6, 6.07) is 0. The van der Waals surface area contributed by atoms with E-state index in [1.54, 1.807) is 12.7 Å². The third kappa shape index (κ3) is 1.57. The van der Waals surface area contributed by atoms with Crippen molar-refractivity contribution in [3.05, 3.63) is 12.7 Å². The van der Waals surface area contributed by atoms with Crippen LogP contribution in [0.15, 0.2) is 12.7 Å². The summed E-state index contributed by atoms with van der Waals surface area (Å²) in [5.41, 5.74) is 0. The zero-order chi connectivity index (χ0) is 7.52. The van der Waals surface area contributed by atoms with Gasteiger partial charge >= 0.3 is 0 Å². The van der Waals surface area contributed by atoms with Gasteiger partial charge in [-0.2, -0.15) is 5.10 Å². The van der Waals surface area contributed by atoms with Gasteiger partial charge in [-0.1, -0.05) is 0 Å². The van der Waals surface area contributed by atoms with E-state index in [4.69, 9.17) is 0 Å². The standard InChI is InChI=1S/C7H12N4/c1-2-8-3-7(1)4-11-6-9-5-10-11/h5-8H,1-4H2. The molecule has 0 aromatic carbocycles. The Bertz CT molecular complexity index is 200. The topological polar surface area (TPSA) is 42.7 Å². The van der Waals surface area contributed by atoms with Gasteiger partial charge in [0.2, 0.25) is 0 Å². The molecule has 1 aromatic heterocycles. The van der Waals surface area contributed by atoms with E-state index in [1.165, 1.54) is 6.42 Å². The molecule has 1 aromatic rings. The third-order valence-corrected chi connectivity index (χ3v) is 2.07. The summed E-state index contributed by atoms with van der Waals surface area (Å²) in [4.78, 5) is 3.90. The van der Waals surface area contributed by atoms with Crippen LogP contribution in [0, 0.1) is 5.92 Å². The Hall–Kier alpha value is -0.900. The van der Waals surface area contributed by atoms with Crippen molar-refractivity contribution >= 4 is 0 Å². The molecule has 11 heavy (non-hydrogen) atoms. The Balaban J connectivity index is 1.90. The second-order valence-corrected chi connectivity index (χ2v) is 2.98. The molecule has 0 spiro atoms. The summed E-state index contributed by atoms with van der Waals surface area (Å²) >= 11 is 0. The first-order valence-corrected chi connectivity index (χ1v) is 3.98. The Kier molecular flexibility index (Phi) is 1.85. The number of nitrogens with one attached hydrogen (secondary N) is 1. The Morgan fingerprint density at radius 3 is 3.27 bits per heavy atom. The lowest BCUT2D eigenvalue weighted by molar-refractivity contribution is 0.448. The molecule has 1 aliphatic rings. The molecule has 0 radical (unpaired) electrons. The highest BCUT2D eigenvalue weighted by atomic mass is 15.3. The quantitative estimate of drug-likeness (QED) is 0.643. The van der Waals surface area contributed by atoms with Crippen LogP contribution in [0.5, 0.6) is 0 Å². The van der Waals surface area contributed by atoms with Gasteiger partial charge in [-0.05, 0) is 25.4 Å². The van der Waals surface area contributed by atoms with E-state index in [9.17, 15) is 0 Å². The number of hydrogen-bond donors (Lipinski definition) is 1. The molecule has 1 N–H and O–H groups in total. The van der Waals surface area contributed by atoms with E-state index in [2.05, 4.69) is 15.4 Å². The number of rotatable bonds is 2. The lowest BCUT2D eigenvalue weighted by Crippen LogP contribution is -2.14. The van der Waals surface area contributed by atoms with E-state index in [1.807, 2.05) is 4.68 Å². The third-order valence-electron chi connectivity index (χ3n) is 2.07. The van der Waals surface area contributed by atoms with Crippen LogP contribution >= 0.6 is 0 Å². The second-order valence-electron chi connectivity index (χ2n) is 2.98. The number of nitrogens with zero attached hydrogens (tertiary/aromatic N) is 3. The van der Waals surface area contributed by atoms with E-state index in [0.29, 0.717) is 0 Å². The van der Waals surface area contributed by atoms with Crippen molar-refractivity contribution in [1.29, 1.82) is 0 Å². The van der Waals surface area contributed by atoms with Gasteiger partial charge < -0.3 is 5.32 Å². The monoisotopic (exact) mass is 152 g/mol. The maximum atomic E-state index is 4.06. The zero-order valence-electron chi connectivity index (χ0n) is 6.40. The van der Waals surface area contributed by atoms with E-state index < -0.39 is 0 Å². The predicted molar refractivity (Wildman–Crippen MR) is 41.0 cm³/mol. The lowest BCUT2D eigenvalue weighted by Gasteiger charge is -2.06. The summed E-state index contributed by atoms with van der Waals surface area (Å²) in [6.45, 7) is 3.28. The maximum Gasteiger partial charge on any atom is 0.137 e. The van der Waals surface area contributed by atoms with E-state index in [-0.39, 0.29) is 0 Å². The molecule has 1 aliphatic heterocycles. The van der Waals surface area contributed by atoms with Crippen LogP contribution in [-0.4, -0.2) is 27.9 Å². The van der Waals surface area contributed by atoms with Gasteiger partial charge in [-0.15, -0.1) is 0 Å². The normalized spacial score (nSPS) is 24.2. The summed E-state index contributed by atoms with van der Waals surface area (Å²) in [5, 5.41) is 7.38. The molecule has 1 unspecified atom stereocenters. The van der Waals surface area contributed by atoms with Gasteiger partial charge in [0.1, 0.15) is 12.7 Å². The smallest absolute Gasteiger partial charge is 0.137 e.